The van der Waals surface area contributed by atoms with Gasteiger partial charge in [-0.15, -0.1) is 0 Å². The number of nitrogens with one attached hydrogen (secondary N) is 1. The average Bonchev–Trinajstić information content (AvgIpc) is 2.51. The maximum atomic E-state index is 13.8. The topological polar surface area (TPSA) is 45.0 Å². The molecule has 1 unspecified atom stereocenters. The number of rotatable bonds is 4. The van der Waals surface area contributed by atoms with Gasteiger partial charge in [0.25, 0.3) is 0 Å². The molecule has 0 saturated carbocycles. The molecule has 1 N–H and O–H groups in total. The van der Waals surface area contributed by atoms with Crippen LogP contribution in [0.2, 0.25) is 0 Å². The molecule has 0 saturated heterocycles. The summed E-state index contributed by atoms with van der Waals surface area (Å²) < 4.78 is 19.0. The van der Waals surface area contributed by atoms with Crippen molar-refractivity contribution in [2.24, 2.45) is 0 Å². The second-order valence-corrected chi connectivity index (χ2v) is 4.89. The molecule has 0 amide bonds. The van der Waals surface area contributed by atoms with Gasteiger partial charge >= 0.3 is 0 Å². The molecule has 0 heterocycles. The number of halogens is 1. The molecule has 108 valence electrons. The fourth-order valence-electron chi connectivity index (χ4n) is 2.12. The number of nitrogens with zero attached hydrogens (tertiary/aromatic N) is 1. The van der Waals surface area contributed by atoms with Crippen LogP contribution in [0.3, 0.4) is 0 Å². The third kappa shape index (κ3) is 3.32. The Balaban J connectivity index is 2.29. The van der Waals surface area contributed by atoms with Gasteiger partial charge in [-0.05, 0) is 43.7 Å². The van der Waals surface area contributed by atoms with Crippen molar-refractivity contribution in [2.75, 3.05) is 12.4 Å². The molecule has 0 bridgehead atoms. The van der Waals surface area contributed by atoms with E-state index in [0.717, 1.165) is 11.3 Å². The lowest BCUT2D eigenvalue weighted by Gasteiger charge is -2.18. The first-order valence-corrected chi connectivity index (χ1v) is 6.66. The third-order valence-electron chi connectivity index (χ3n) is 3.44. The van der Waals surface area contributed by atoms with Crippen LogP contribution in [0.1, 0.15) is 29.7 Å². The van der Waals surface area contributed by atoms with Gasteiger partial charge in [0.15, 0.2) is 0 Å². The number of ether oxygens (including phenoxy) is 1. The van der Waals surface area contributed by atoms with Gasteiger partial charge in [-0.25, -0.2) is 4.39 Å². The molecule has 21 heavy (non-hydrogen) atoms. The Hall–Kier alpha value is -2.54. The van der Waals surface area contributed by atoms with Crippen LogP contribution < -0.4 is 10.1 Å². The summed E-state index contributed by atoms with van der Waals surface area (Å²) in [6.07, 6.45) is 0. The Morgan fingerprint density at radius 1 is 1.29 bits per heavy atom. The monoisotopic (exact) mass is 284 g/mol. The number of benzene rings is 2. The molecule has 2 aromatic carbocycles. The zero-order valence-corrected chi connectivity index (χ0v) is 12.3. The van der Waals surface area contributed by atoms with Crippen molar-refractivity contribution < 1.29 is 9.13 Å². The van der Waals surface area contributed by atoms with Crippen LogP contribution in [0, 0.1) is 24.1 Å². The number of anilines is 1. The minimum Gasteiger partial charge on any atom is -0.497 e. The van der Waals surface area contributed by atoms with Crippen molar-refractivity contribution in [3.05, 3.63) is 58.9 Å². The largest absolute Gasteiger partial charge is 0.497 e. The second kappa shape index (κ2) is 6.27. The van der Waals surface area contributed by atoms with Crippen molar-refractivity contribution in [3.63, 3.8) is 0 Å². The van der Waals surface area contributed by atoms with Gasteiger partial charge in [-0.3, -0.25) is 0 Å². The predicted molar refractivity (Wildman–Crippen MR) is 80.9 cm³/mol. The van der Waals surface area contributed by atoms with Gasteiger partial charge in [0.1, 0.15) is 11.6 Å². The van der Waals surface area contributed by atoms with Crippen molar-refractivity contribution >= 4 is 5.69 Å². The molecule has 0 aliphatic carbocycles. The fourth-order valence-corrected chi connectivity index (χ4v) is 2.12. The van der Waals surface area contributed by atoms with Crippen LogP contribution in [0.25, 0.3) is 0 Å². The van der Waals surface area contributed by atoms with Crippen LogP contribution in [-0.2, 0) is 0 Å². The van der Waals surface area contributed by atoms with Crippen molar-refractivity contribution in [1.82, 2.24) is 0 Å². The van der Waals surface area contributed by atoms with E-state index in [0.29, 0.717) is 16.8 Å². The first-order valence-electron chi connectivity index (χ1n) is 6.66. The summed E-state index contributed by atoms with van der Waals surface area (Å²) in [4.78, 5) is 0. The number of nitriles is 1. The molecule has 3 nitrogen and oxygen atoms in total. The first-order chi connectivity index (χ1) is 10.0. The highest BCUT2D eigenvalue weighted by Gasteiger charge is 2.11. The van der Waals surface area contributed by atoms with E-state index in [1.165, 1.54) is 6.07 Å². The normalized spacial score (nSPS) is 11.6. The van der Waals surface area contributed by atoms with E-state index in [2.05, 4.69) is 5.32 Å². The highest BCUT2D eigenvalue weighted by Crippen LogP contribution is 2.26. The maximum Gasteiger partial charge on any atom is 0.129 e. The van der Waals surface area contributed by atoms with E-state index >= 15 is 0 Å². The molecular weight excluding hydrogens is 267 g/mol. The van der Waals surface area contributed by atoms with Crippen LogP contribution in [0.5, 0.6) is 5.75 Å². The van der Waals surface area contributed by atoms with Gasteiger partial charge in [0.2, 0.25) is 0 Å². The van der Waals surface area contributed by atoms with Crippen molar-refractivity contribution in [1.29, 1.82) is 5.26 Å². The van der Waals surface area contributed by atoms with Crippen molar-refractivity contribution in [3.8, 4) is 11.8 Å². The lowest BCUT2D eigenvalue weighted by atomic mass is 10.1. The van der Waals surface area contributed by atoms with E-state index in [1.807, 2.05) is 37.3 Å². The second-order valence-electron chi connectivity index (χ2n) is 4.89. The zero-order chi connectivity index (χ0) is 15.4. The lowest BCUT2D eigenvalue weighted by molar-refractivity contribution is 0.414. The molecule has 0 spiro atoms. The van der Waals surface area contributed by atoms with Gasteiger partial charge in [-0.2, -0.15) is 5.26 Å². The highest BCUT2D eigenvalue weighted by molar-refractivity contribution is 5.57. The molecule has 1 atom stereocenters. The summed E-state index contributed by atoms with van der Waals surface area (Å²) in [6.45, 7) is 3.67. The van der Waals surface area contributed by atoms with Gasteiger partial charge in [0.05, 0.1) is 18.7 Å². The first kappa shape index (κ1) is 14.9. The van der Waals surface area contributed by atoms with E-state index in [9.17, 15) is 4.39 Å². The average molecular weight is 284 g/mol. The van der Waals surface area contributed by atoms with Gasteiger partial charge < -0.3 is 10.1 Å². The van der Waals surface area contributed by atoms with Crippen LogP contribution in [0.4, 0.5) is 10.1 Å². The standard InChI is InChI=1S/C17H17FN2O/c1-11-16(18)7-13(10-19)8-17(11)20-12(2)14-5-4-6-15(9-14)21-3/h4-9,12,20H,1-3H3. The van der Waals surface area contributed by atoms with E-state index in [1.54, 1.807) is 20.1 Å². The molecule has 0 radical (unpaired) electrons. The summed E-state index contributed by atoms with van der Waals surface area (Å²) in [5, 5.41) is 12.2. The summed E-state index contributed by atoms with van der Waals surface area (Å²) >= 11 is 0. The summed E-state index contributed by atoms with van der Waals surface area (Å²) in [6, 6.07) is 12.5. The molecule has 0 fully saturated rings. The number of hydrogen-bond donors (Lipinski definition) is 1. The minimum atomic E-state index is -0.380. The Morgan fingerprint density at radius 3 is 2.71 bits per heavy atom. The van der Waals surface area contributed by atoms with E-state index < -0.39 is 0 Å². The van der Waals surface area contributed by atoms with Crippen LogP contribution in [0.15, 0.2) is 36.4 Å². The molecule has 2 aromatic rings. The Bertz CT molecular complexity index is 692. The van der Waals surface area contributed by atoms with E-state index in [-0.39, 0.29) is 11.9 Å². The SMILES string of the molecule is COc1cccc(C(C)Nc2cc(C#N)cc(F)c2C)c1. The summed E-state index contributed by atoms with van der Waals surface area (Å²) in [5.74, 6) is 0.393. The molecule has 4 heteroatoms. The molecule has 0 aliphatic heterocycles. The molecular formula is C17H17FN2O. The van der Waals surface area contributed by atoms with Crippen molar-refractivity contribution in [2.45, 2.75) is 19.9 Å². The number of methoxy groups -OCH3 is 1. The fraction of sp³-hybridized carbons (Fsp3) is 0.235. The van der Waals surface area contributed by atoms with E-state index in [4.69, 9.17) is 10.00 Å². The highest BCUT2D eigenvalue weighted by atomic mass is 19.1. The molecule has 0 aliphatic rings. The Labute approximate surface area is 124 Å². The number of hydrogen-bond acceptors (Lipinski definition) is 3. The quantitative estimate of drug-likeness (QED) is 0.915. The lowest BCUT2D eigenvalue weighted by Crippen LogP contribution is -2.09. The Kier molecular flexibility index (Phi) is 4.44. The molecule has 0 aromatic heterocycles. The predicted octanol–water partition coefficient (Wildman–Crippen LogP) is 4.19. The summed E-state index contributed by atoms with van der Waals surface area (Å²) in [7, 11) is 1.62. The molecule has 2 rings (SSSR count). The zero-order valence-electron chi connectivity index (χ0n) is 12.3. The third-order valence-corrected chi connectivity index (χ3v) is 3.44. The smallest absolute Gasteiger partial charge is 0.129 e. The summed E-state index contributed by atoms with van der Waals surface area (Å²) in [5.41, 5.74) is 2.46. The van der Waals surface area contributed by atoms with Crippen LogP contribution >= 0.6 is 0 Å². The maximum absolute atomic E-state index is 13.8. The van der Waals surface area contributed by atoms with Gasteiger partial charge in [0, 0.05) is 17.3 Å². The minimum absolute atomic E-state index is 0.0351. The van der Waals surface area contributed by atoms with Crippen LogP contribution in [-0.4, -0.2) is 7.11 Å². The Morgan fingerprint density at radius 2 is 2.05 bits per heavy atom. The van der Waals surface area contributed by atoms with Gasteiger partial charge in [-0.1, -0.05) is 12.1 Å².